The molecule has 0 fully saturated rings. The van der Waals surface area contributed by atoms with Crippen LogP contribution in [0.25, 0.3) is 22.3 Å². The third-order valence-corrected chi connectivity index (χ3v) is 5.86. The van der Waals surface area contributed by atoms with Crippen molar-refractivity contribution in [3.63, 3.8) is 0 Å². The Bertz CT molecular complexity index is 1410. The predicted molar refractivity (Wildman–Crippen MR) is 128 cm³/mol. The second-order valence-electron chi connectivity index (χ2n) is 8.23. The Morgan fingerprint density at radius 3 is 2.47 bits per heavy atom. The summed E-state index contributed by atoms with van der Waals surface area (Å²) in [6.45, 7) is 9.28. The average molecular weight is 451 g/mol. The summed E-state index contributed by atoms with van der Waals surface area (Å²) in [5.41, 5.74) is 5.08. The van der Waals surface area contributed by atoms with E-state index in [2.05, 4.69) is 10.3 Å². The third-order valence-electron chi connectivity index (χ3n) is 5.65. The van der Waals surface area contributed by atoms with Crippen LogP contribution in [0, 0.1) is 33.5 Å². The number of pyridine rings is 1. The van der Waals surface area contributed by atoms with Gasteiger partial charge in [0.2, 0.25) is 0 Å². The lowest BCUT2D eigenvalue weighted by atomic mass is 9.98. The zero-order chi connectivity index (χ0) is 23.2. The number of hydrogen-bond acceptors (Lipinski definition) is 4. The van der Waals surface area contributed by atoms with Crippen LogP contribution in [0.1, 0.15) is 40.9 Å². The van der Waals surface area contributed by atoms with Gasteiger partial charge in [-0.2, -0.15) is 0 Å². The molecule has 1 N–H and O–H groups in total. The molecule has 2 aromatic heterocycles. The lowest BCUT2D eigenvalue weighted by molar-refractivity contribution is 0.585. The number of fused-ring (bicyclic) bond motifs is 1. The molecule has 6 heteroatoms. The standard InChI is InChI=1S/C26H24ClFN2O2/c1-13-6-7-18(21(28)12-13)25-15(3)24(31)20-11-14(2)10-19(26(20)32-25)16(4)29-22-8-9-23(27)30-17(22)5/h6-12,16,29H,1-5H3. The van der Waals surface area contributed by atoms with Crippen molar-refractivity contribution in [1.29, 1.82) is 0 Å². The fourth-order valence-corrected chi connectivity index (χ4v) is 4.13. The SMILES string of the molecule is Cc1ccc(-c2oc3c(C(C)Nc4ccc(Cl)nc4C)cc(C)cc3c(=O)c2C)c(F)c1. The molecular weight excluding hydrogens is 427 g/mol. The van der Waals surface area contributed by atoms with Crippen LogP contribution in [0.3, 0.4) is 0 Å². The molecule has 4 aromatic rings. The Morgan fingerprint density at radius 1 is 1.03 bits per heavy atom. The van der Waals surface area contributed by atoms with Crippen LogP contribution < -0.4 is 10.7 Å². The first-order chi connectivity index (χ1) is 15.2. The van der Waals surface area contributed by atoms with E-state index >= 15 is 0 Å². The Morgan fingerprint density at radius 2 is 1.78 bits per heavy atom. The molecule has 4 rings (SSSR count). The maximum absolute atomic E-state index is 14.7. The van der Waals surface area contributed by atoms with Gasteiger partial charge in [0.25, 0.3) is 0 Å². The highest BCUT2D eigenvalue weighted by molar-refractivity contribution is 6.29. The Balaban J connectivity index is 1.91. The van der Waals surface area contributed by atoms with E-state index in [-0.39, 0.29) is 22.8 Å². The lowest BCUT2D eigenvalue weighted by Gasteiger charge is -2.20. The van der Waals surface area contributed by atoms with E-state index in [1.54, 1.807) is 25.1 Å². The van der Waals surface area contributed by atoms with E-state index in [1.165, 1.54) is 6.07 Å². The molecule has 4 nitrogen and oxygen atoms in total. The number of nitrogens with zero attached hydrogens (tertiary/aromatic N) is 1. The Kier molecular flexibility index (Phi) is 5.78. The van der Waals surface area contributed by atoms with Crippen molar-refractivity contribution >= 4 is 28.3 Å². The van der Waals surface area contributed by atoms with Gasteiger partial charge in [-0.25, -0.2) is 9.37 Å². The molecule has 0 aliphatic heterocycles. The van der Waals surface area contributed by atoms with E-state index in [0.29, 0.717) is 21.7 Å². The number of anilines is 1. The molecule has 0 saturated carbocycles. The molecule has 0 amide bonds. The van der Waals surface area contributed by atoms with Crippen LogP contribution in [0.4, 0.5) is 10.1 Å². The summed E-state index contributed by atoms with van der Waals surface area (Å²) >= 11 is 5.98. The number of rotatable bonds is 4. The zero-order valence-corrected chi connectivity index (χ0v) is 19.4. The van der Waals surface area contributed by atoms with Gasteiger partial charge < -0.3 is 9.73 Å². The summed E-state index contributed by atoms with van der Waals surface area (Å²) in [6, 6.07) is 12.1. The first-order valence-electron chi connectivity index (χ1n) is 10.4. The van der Waals surface area contributed by atoms with Gasteiger partial charge in [-0.05, 0) is 76.1 Å². The number of aromatic nitrogens is 1. The van der Waals surface area contributed by atoms with Gasteiger partial charge in [-0.1, -0.05) is 23.7 Å². The number of aryl methyl sites for hydroxylation is 3. The van der Waals surface area contributed by atoms with Crippen LogP contribution >= 0.6 is 11.6 Å². The van der Waals surface area contributed by atoms with Crippen LogP contribution in [0.2, 0.25) is 5.15 Å². The van der Waals surface area contributed by atoms with E-state index < -0.39 is 5.82 Å². The average Bonchev–Trinajstić information content (AvgIpc) is 2.73. The summed E-state index contributed by atoms with van der Waals surface area (Å²) in [5, 5.41) is 4.33. The first-order valence-corrected chi connectivity index (χ1v) is 10.8. The molecule has 0 radical (unpaired) electrons. The highest BCUT2D eigenvalue weighted by Gasteiger charge is 2.20. The molecule has 2 aromatic carbocycles. The molecule has 0 aliphatic carbocycles. The number of nitrogens with one attached hydrogen (secondary N) is 1. The Labute approximate surface area is 191 Å². The van der Waals surface area contributed by atoms with Gasteiger partial charge in [0.05, 0.1) is 28.4 Å². The summed E-state index contributed by atoms with van der Waals surface area (Å²) in [4.78, 5) is 17.5. The van der Waals surface area contributed by atoms with Gasteiger partial charge in [0.1, 0.15) is 22.3 Å². The normalized spacial score (nSPS) is 12.2. The van der Waals surface area contributed by atoms with Crippen LogP contribution in [-0.2, 0) is 0 Å². The maximum atomic E-state index is 14.7. The second-order valence-corrected chi connectivity index (χ2v) is 8.62. The summed E-state index contributed by atoms with van der Waals surface area (Å²) in [5.74, 6) is -0.167. The largest absolute Gasteiger partial charge is 0.455 e. The maximum Gasteiger partial charge on any atom is 0.196 e. The molecule has 32 heavy (non-hydrogen) atoms. The fraction of sp³-hybridized carbons (Fsp3) is 0.231. The molecule has 0 bridgehead atoms. The summed E-state index contributed by atoms with van der Waals surface area (Å²) in [6.07, 6.45) is 0. The minimum Gasteiger partial charge on any atom is -0.455 e. The molecule has 2 heterocycles. The molecule has 1 atom stereocenters. The molecule has 164 valence electrons. The Hall–Kier alpha value is -3.18. The minimum absolute atomic E-state index is 0.164. The number of benzene rings is 2. The predicted octanol–water partition coefficient (Wildman–Crippen LogP) is 7.05. The van der Waals surface area contributed by atoms with E-state index in [1.807, 2.05) is 45.9 Å². The first kappa shape index (κ1) is 22.0. The number of hydrogen-bond donors (Lipinski definition) is 1. The zero-order valence-electron chi connectivity index (χ0n) is 18.6. The van der Waals surface area contributed by atoms with Crippen molar-refractivity contribution in [2.75, 3.05) is 5.32 Å². The van der Waals surface area contributed by atoms with Crippen molar-refractivity contribution in [2.45, 2.75) is 40.7 Å². The molecular formula is C26H24ClFN2O2. The van der Waals surface area contributed by atoms with Gasteiger partial charge in [-0.3, -0.25) is 4.79 Å². The highest BCUT2D eigenvalue weighted by Crippen LogP contribution is 2.33. The summed E-state index contributed by atoms with van der Waals surface area (Å²) < 4.78 is 21.0. The van der Waals surface area contributed by atoms with Crippen LogP contribution in [-0.4, -0.2) is 4.98 Å². The van der Waals surface area contributed by atoms with Crippen molar-refractivity contribution in [1.82, 2.24) is 4.98 Å². The summed E-state index contributed by atoms with van der Waals surface area (Å²) in [7, 11) is 0. The van der Waals surface area contributed by atoms with E-state index in [9.17, 15) is 9.18 Å². The van der Waals surface area contributed by atoms with Gasteiger partial charge in [-0.15, -0.1) is 0 Å². The molecule has 1 unspecified atom stereocenters. The van der Waals surface area contributed by atoms with E-state index in [4.69, 9.17) is 16.0 Å². The van der Waals surface area contributed by atoms with Gasteiger partial charge >= 0.3 is 0 Å². The molecule has 0 saturated heterocycles. The van der Waals surface area contributed by atoms with Crippen LogP contribution in [0.5, 0.6) is 0 Å². The molecule has 0 spiro atoms. The monoisotopic (exact) mass is 450 g/mol. The van der Waals surface area contributed by atoms with Crippen LogP contribution in [0.15, 0.2) is 51.7 Å². The number of halogens is 2. The van der Waals surface area contributed by atoms with Crippen molar-refractivity contribution in [3.8, 4) is 11.3 Å². The topological polar surface area (TPSA) is 55.1 Å². The van der Waals surface area contributed by atoms with Gasteiger partial charge in [0.15, 0.2) is 5.43 Å². The lowest BCUT2D eigenvalue weighted by Crippen LogP contribution is -2.13. The third kappa shape index (κ3) is 4.00. The van der Waals surface area contributed by atoms with Crippen molar-refractivity contribution < 1.29 is 8.81 Å². The molecule has 0 aliphatic rings. The smallest absolute Gasteiger partial charge is 0.196 e. The highest BCUT2D eigenvalue weighted by atomic mass is 35.5. The van der Waals surface area contributed by atoms with Gasteiger partial charge in [0, 0.05) is 11.1 Å². The second kappa shape index (κ2) is 8.40. The minimum atomic E-state index is -0.418. The van der Waals surface area contributed by atoms with E-state index in [0.717, 1.165) is 28.1 Å². The quantitative estimate of drug-likeness (QED) is 0.338. The van der Waals surface area contributed by atoms with Crippen molar-refractivity contribution in [2.24, 2.45) is 0 Å². The van der Waals surface area contributed by atoms with Crippen molar-refractivity contribution in [3.05, 3.63) is 91.6 Å². The fourth-order valence-electron chi connectivity index (χ4n) is 3.94.